The molecule has 0 bridgehead atoms. The van der Waals surface area contributed by atoms with Crippen molar-refractivity contribution >= 4 is 11.0 Å². The van der Waals surface area contributed by atoms with E-state index in [9.17, 15) is 4.79 Å². The minimum atomic E-state index is -0.101. The summed E-state index contributed by atoms with van der Waals surface area (Å²) in [6, 6.07) is 20.9. The number of hydrogen-bond acceptors (Lipinski definition) is 4. The topological polar surface area (TPSA) is 48.7 Å². The summed E-state index contributed by atoms with van der Waals surface area (Å²) in [5.74, 6) is 1.29. The molecule has 0 fully saturated rings. The fraction of sp³-hybridized carbons (Fsp3) is 0.125. The molecule has 0 atom stereocenters. The lowest BCUT2D eigenvalue weighted by Crippen LogP contribution is -2.06. The van der Waals surface area contributed by atoms with Gasteiger partial charge in [-0.15, -0.1) is 0 Å². The first-order chi connectivity index (χ1) is 13.7. The lowest BCUT2D eigenvalue weighted by molar-refractivity contribution is 0.306. The predicted molar refractivity (Wildman–Crippen MR) is 110 cm³/mol. The standard InChI is InChI=1S/C24H20O4/c1-16-7-9-17(10-8-16)14-27-18-11-12-20-23(13-18)28-15-21(24(20)25)19-5-3-4-6-22(19)26-2/h3-13,15H,14H2,1-2H3. The summed E-state index contributed by atoms with van der Waals surface area (Å²) >= 11 is 0. The average Bonchev–Trinajstić information content (AvgIpc) is 2.73. The van der Waals surface area contributed by atoms with E-state index in [1.54, 1.807) is 25.3 Å². The fourth-order valence-corrected chi connectivity index (χ4v) is 3.10. The van der Waals surface area contributed by atoms with Crippen LogP contribution in [-0.2, 0) is 6.61 Å². The molecule has 28 heavy (non-hydrogen) atoms. The van der Waals surface area contributed by atoms with Crippen molar-refractivity contribution in [1.82, 2.24) is 0 Å². The first-order valence-electron chi connectivity index (χ1n) is 9.03. The molecule has 0 unspecified atom stereocenters. The molecule has 1 aromatic heterocycles. The second kappa shape index (κ2) is 7.61. The van der Waals surface area contributed by atoms with Gasteiger partial charge in [0.1, 0.15) is 30.0 Å². The maximum Gasteiger partial charge on any atom is 0.200 e. The van der Waals surface area contributed by atoms with Crippen LogP contribution in [0.25, 0.3) is 22.1 Å². The fourth-order valence-electron chi connectivity index (χ4n) is 3.10. The average molecular weight is 372 g/mol. The Labute approximate surface area is 163 Å². The molecule has 0 saturated heterocycles. The number of para-hydroxylation sites is 1. The number of benzene rings is 3. The highest BCUT2D eigenvalue weighted by Crippen LogP contribution is 2.29. The number of fused-ring (bicyclic) bond motifs is 1. The van der Waals surface area contributed by atoms with Crippen molar-refractivity contribution < 1.29 is 13.9 Å². The van der Waals surface area contributed by atoms with Crippen LogP contribution in [0.2, 0.25) is 0 Å². The quantitative estimate of drug-likeness (QED) is 0.473. The van der Waals surface area contributed by atoms with Crippen molar-refractivity contribution in [2.24, 2.45) is 0 Å². The maximum atomic E-state index is 13.0. The molecule has 4 aromatic rings. The van der Waals surface area contributed by atoms with Gasteiger partial charge in [-0.25, -0.2) is 0 Å². The highest BCUT2D eigenvalue weighted by Gasteiger charge is 2.13. The molecule has 0 aliphatic rings. The van der Waals surface area contributed by atoms with Crippen LogP contribution in [0.1, 0.15) is 11.1 Å². The third-order valence-electron chi connectivity index (χ3n) is 4.67. The first kappa shape index (κ1) is 17.9. The Hall–Kier alpha value is -3.53. The zero-order chi connectivity index (χ0) is 19.5. The number of ether oxygens (including phenoxy) is 2. The van der Waals surface area contributed by atoms with E-state index >= 15 is 0 Å². The van der Waals surface area contributed by atoms with Crippen molar-refractivity contribution in [2.45, 2.75) is 13.5 Å². The van der Waals surface area contributed by atoms with E-state index in [4.69, 9.17) is 13.9 Å². The van der Waals surface area contributed by atoms with E-state index in [1.165, 1.54) is 11.8 Å². The minimum absolute atomic E-state index is 0.101. The lowest BCUT2D eigenvalue weighted by Gasteiger charge is -2.09. The third-order valence-corrected chi connectivity index (χ3v) is 4.67. The van der Waals surface area contributed by atoms with Gasteiger partial charge in [-0.05, 0) is 30.7 Å². The maximum absolute atomic E-state index is 13.0. The molecule has 0 spiro atoms. The Bertz CT molecular complexity index is 1170. The summed E-state index contributed by atoms with van der Waals surface area (Å²) in [5, 5.41) is 0.506. The van der Waals surface area contributed by atoms with Crippen molar-refractivity contribution in [3.05, 3.63) is 94.3 Å². The molecule has 0 N–H and O–H groups in total. The predicted octanol–water partition coefficient (Wildman–Crippen LogP) is 5.36. The van der Waals surface area contributed by atoms with Gasteiger partial charge in [-0.1, -0.05) is 48.0 Å². The van der Waals surface area contributed by atoms with E-state index in [0.717, 1.165) is 5.56 Å². The van der Waals surface area contributed by atoms with E-state index in [2.05, 4.69) is 19.1 Å². The number of hydrogen-bond donors (Lipinski definition) is 0. The second-order valence-electron chi connectivity index (χ2n) is 6.61. The Kier molecular flexibility index (Phi) is 4.85. The highest BCUT2D eigenvalue weighted by molar-refractivity contribution is 5.83. The summed E-state index contributed by atoms with van der Waals surface area (Å²) in [5.41, 5.74) is 3.86. The van der Waals surface area contributed by atoms with E-state index in [0.29, 0.717) is 40.2 Å². The van der Waals surface area contributed by atoms with Gasteiger partial charge in [0.05, 0.1) is 18.1 Å². The van der Waals surface area contributed by atoms with Crippen LogP contribution >= 0.6 is 0 Å². The SMILES string of the molecule is COc1ccccc1-c1coc2cc(OCc3ccc(C)cc3)ccc2c1=O. The van der Waals surface area contributed by atoms with Crippen molar-refractivity contribution in [3.8, 4) is 22.6 Å². The molecule has 4 heteroatoms. The van der Waals surface area contributed by atoms with Crippen LogP contribution in [0.3, 0.4) is 0 Å². The van der Waals surface area contributed by atoms with Crippen LogP contribution in [0.15, 0.2) is 82.2 Å². The van der Waals surface area contributed by atoms with Crippen molar-refractivity contribution in [3.63, 3.8) is 0 Å². The lowest BCUT2D eigenvalue weighted by atomic mass is 10.0. The largest absolute Gasteiger partial charge is 0.496 e. The molecular weight excluding hydrogens is 352 g/mol. The Balaban J connectivity index is 1.64. The Morgan fingerprint density at radius 2 is 1.71 bits per heavy atom. The molecule has 1 heterocycles. The van der Waals surface area contributed by atoms with Crippen LogP contribution in [-0.4, -0.2) is 7.11 Å². The van der Waals surface area contributed by atoms with Crippen LogP contribution < -0.4 is 14.9 Å². The normalized spacial score (nSPS) is 10.8. The zero-order valence-corrected chi connectivity index (χ0v) is 15.8. The summed E-state index contributed by atoms with van der Waals surface area (Å²) in [7, 11) is 1.58. The minimum Gasteiger partial charge on any atom is -0.496 e. The van der Waals surface area contributed by atoms with Crippen LogP contribution in [0.5, 0.6) is 11.5 Å². The van der Waals surface area contributed by atoms with Gasteiger partial charge in [0.25, 0.3) is 0 Å². The number of rotatable bonds is 5. The summed E-state index contributed by atoms with van der Waals surface area (Å²) in [6.45, 7) is 2.50. The van der Waals surface area contributed by atoms with Crippen molar-refractivity contribution in [2.75, 3.05) is 7.11 Å². The molecule has 0 saturated carbocycles. The summed E-state index contributed by atoms with van der Waals surface area (Å²) < 4.78 is 17.0. The van der Waals surface area contributed by atoms with E-state index in [-0.39, 0.29) is 5.43 Å². The van der Waals surface area contributed by atoms with Gasteiger partial charge in [-0.2, -0.15) is 0 Å². The van der Waals surface area contributed by atoms with Crippen LogP contribution in [0, 0.1) is 6.92 Å². The van der Waals surface area contributed by atoms with Gasteiger partial charge in [0, 0.05) is 11.6 Å². The molecule has 0 amide bonds. The van der Waals surface area contributed by atoms with Crippen molar-refractivity contribution in [1.29, 1.82) is 0 Å². The Morgan fingerprint density at radius 3 is 2.50 bits per heavy atom. The molecule has 140 valence electrons. The first-order valence-corrected chi connectivity index (χ1v) is 9.03. The monoisotopic (exact) mass is 372 g/mol. The van der Waals surface area contributed by atoms with Gasteiger partial charge in [0.15, 0.2) is 0 Å². The van der Waals surface area contributed by atoms with E-state index < -0.39 is 0 Å². The van der Waals surface area contributed by atoms with Gasteiger partial charge in [-0.3, -0.25) is 4.79 Å². The molecule has 0 radical (unpaired) electrons. The van der Waals surface area contributed by atoms with Gasteiger partial charge < -0.3 is 13.9 Å². The molecular formula is C24H20O4. The highest BCUT2D eigenvalue weighted by atomic mass is 16.5. The second-order valence-corrected chi connectivity index (χ2v) is 6.61. The molecule has 4 rings (SSSR count). The zero-order valence-electron chi connectivity index (χ0n) is 15.8. The summed E-state index contributed by atoms with van der Waals surface area (Å²) in [6.07, 6.45) is 1.48. The van der Waals surface area contributed by atoms with Gasteiger partial charge >= 0.3 is 0 Å². The molecule has 4 nitrogen and oxygen atoms in total. The number of methoxy groups -OCH3 is 1. The van der Waals surface area contributed by atoms with Gasteiger partial charge in [0.2, 0.25) is 5.43 Å². The summed E-state index contributed by atoms with van der Waals surface area (Å²) in [4.78, 5) is 13.0. The number of aryl methyl sites for hydroxylation is 1. The van der Waals surface area contributed by atoms with Crippen LogP contribution in [0.4, 0.5) is 0 Å². The Morgan fingerprint density at radius 1 is 0.929 bits per heavy atom. The molecule has 0 aliphatic carbocycles. The smallest absolute Gasteiger partial charge is 0.200 e. The third kappa shape index (κ3) is 3.49. The molecule has 0 aliphatic heterocycles. The molecule has 3 aromatic carbocycles. The van der Waals surface area contributed by atoms with E-state index in [1.807, 2.05) is 36.4 Å².